The predicted octanol–water partition coefficient (Wildman–Crippen LogP) is 10.2. The Morgan fingerprint density at radius 1 is 0.532 bits per heavy atom. The zero-order valence-corrected chi connectivity index (χ0v) is 25.3. The first-order valence-electron chi connectivity index (χ1n) is 14.9. The molecule has 236 valence electrons. The van der Waals surface area contributed by atoms with E-state index in [9.17, 15) is 8.78 Å². The van der Waals surface area contributed by atoms with Crippen molar-refractivity contribution >= 4 is 22.1 Å². The first-order valence-corrected chi connectivity index (χ1v) is 14.9. The van der Waals surface area contributed by atoms with Gasteiger partial charge in [0.25, 0.3) is 0 Å². The number of hydrogen-bond donors (Lipinski definition) is 0. The van der Waals surface area contributed by atoms with Crippen molar-refractivity contribution in [3.8, 4) is 23.2 Å². The van der Waals surface area contributed by atoms with Gasteiger partial charge in [0.1, 0.15) is 23.2 Å². The highest BCUT2D eigenvalue weighted by Gasteiger charge is 2.17. The van der Waals surface area contributed by atoms with Crippen molar-refractivity contribution in [1.29, 1.82) is 0 Å². The van der Waals surface area contributed by atoms with E-state index in [1.807, 2.05) is 73.0 Å². The summed E-state index contributed by atoms with van der Waals surface area (Å²) in [6, 6.07) is 37.0. The third-order valence-corrected chi connectivity index (χ3v) is 7.70. The van der Waals surface area contributed by atoms with Gasteiger partial charge in [0, 0.05) is 13.1 Å². The third kappa shape index (κ3) is 6.63. The zero-order chi connectivity index (χ0) is 31.6. The van der Waals surface area contributed by atoms with E-state index in [-0.39, 0.29) is 19.1 Å². The number of hydrogen-bond acceptors (Lipinski definition) is 4. The van der Waals surface area contributed by atoms with Crippen LogP contribution in [-0.2, 0) is 13.1 Å². The zero-order valence-electron chi connectivity index (χ0n) is 25.3. The summed E-state index contributed by atoms with van der Waals surface area (Å²) in [4.78, 5) is 9.33. The minimum absolute atomic E-state index is 0. The summed E-state index contributed by atoms with van der Waals surface area (Å²) < 4.78 is 42.7. The van der Waals surface area contributed by atoms with Crippen LogP contribution in [0.25, 0.3) is 45.2 Å². The van der Waals surface area contributed by atoms with Crippen LogP contribution >= 0.6 is 0 Å². The molecule has 0 amide bonds. The van der Waals surface area contributed by atoms with Gasteiger partial charge in [0.2, 0.25) is 0 Å². The van der Waals surface area contributed by atoms with Crippen molar-refractivity contribution in [2.45, 2.75) is 34.4 Å². The predicted molar refractivity (Wildman–Crippen MR) is 182 cm³/mol. The van der Waals surface area contributed by atoms with Gasteiger partial charge in [-0.3, -0.25) is 0 Å². The Balaban J connectivity index is 0.000000161. The maximum atomic E-state index is 13.7. The molecule has 0 unspecified atom stereocenters. The molecular weight excluding hydrogens is 594 g/mol. The summed E-state index contributed by atoms with van der Waals surface area (Å²) in [5.41, 5.74) is 5.43. The lowest BCUT2D eigenvalue weighted by Crippen LogP contribution is -2.02. The lowest BCUT2D eigenvalue weighted by molar-refractivity contribution is 0.540. The number of aryl methyl sites for hydroxylation is 2. The minimum Gasteiger partial charge on any atom is -0.458 e. The number of furan rings is 2. The second kappa shape index (κ2) is 13.3. The van der Waals surface area contributed by atoms with Crippen LogP contribution in [0.1, 0.15) is 30.1 Å². The van der Waals surface area contributed by atoms with Crippen LogP contribution < -0.4 is 0 Å². The molecule has 4 heterocycles. The van der Waals surface area contributed by atoms with Gasteiger partial charge in [-0.2, -0.15) is 0 Å². The largest absolute Gasteiger partial charge is 0.458 e. The van der Waals surface area contributed by atoms with E-state index in [0.29, 0.717) is 29.2 Å². The molecule has 0 saturated heterocycles. The highest BCUT2D eigenvalue weighted by atomic mass is 19.1. The van der Waals surface area contributed by atoms with Crippen LogP contribution in [0.5, 0.6) is 0 Å². The number of halogens is 2. The van der Waals surface area contributed by atoms with Gasteiger partial charge in [-0.15, -0.1) is 0 Å². The molecule has 0 N–H and O–H groups in total. The first-order chi connectivity index (χ1) is 22.4. The number of aromatic nitrogens is 4. The molecule has 4 aromatic heterocycles. The summed E-state index contributed by atoms with van der Waals surface area (Å²) >= 11 is 0. The van der Waals surface area contributed by atoms with Crippen molar-refractivity contribution < 1.29 is 17.6 Å². The van der Waals surface area contributed by atoms with Crippen molar-refractivity contribution in [2.75, 3.05) is 0 Å². The molecule has 0 fully saturated rings. The maximum absolute atomic E-state index is 13.7. The molecule has 8 rings (SSSR count). The highest BCUT2D eigenvalue weighted by Crippen LogP contribution is 2.29. The van der Waals surface area contributed by atoms with E-state index in [2.05, 4.69) is 39.9 Å². The second-order valence-electron chi connectivity index (χ2n) is 11.1. The Kier molecular flexibility index (Phi) is 8.84. The molecule has 0 radical (unpaired) electrons. The Bertz CT molecular complexity index is 2280. The second-order valence-corrected chi connectivity index (χ2v) is 11.1. The fraction of sp³-hybridized carbons (Fsp3) is 0.128. The molecule has 8 aromatic rings. The summed E-state index contributed by atoms with van der Waals surface area (Å²) in [5, 5.41) is 0. The van der Waals surface area contributed by atoms with E-state index >= 15 is 0 Å². The Morgan fingerprint density at radius 2 is 1.09 bits per heavy atom. The first kappa shape index (κ1) is 31.2. The van der Waals surface area contributed by atoms with Crippen LogP contribution in [0.2, 0.25) is 0 Å². The van der Waals surface area contributed by atoms with Gasteiger partial charge in [-0.25, -0.2) is 18.7 Å². The van der Waals surface area contributed by atoms with Gasteiger partial charge < -0.3 is 18.0 Å². The Labute approximate surface area is 271 Å². The van der Waals surface area contributed by atoms with Crippen molar-refractivity contribution in [3.63, 3.8) is 0 Å². The van der Waals surface area contributed by atoms with E-state index < -0.39 is 0 Å². The van der Waals surface area contributed by atoms with E-state index in [4.69, 9.17) is 13.8 Å². The molecule has 4 aromatic carbocycles. The molecule has 0 aliphatic rings. The average molecular weight is 629 g/mol. The molecule has 47 heavy (non-hydrogen) atoms. The molecule has 0 aliphatic heterocycles. The lowest BCUT2D eigenvalue weighted by atomic mass is 10.2. The Hall–Kier alpha value is -5.76. The van der Waals surface area contributed by atoms with Gasteiger partial charge in [0.15, 0.2) is 23.2 Å². The fourth-order valence-electron chi connectivity index (χ4n) is 5.56. The third-order valence-electron chi connectivity index (χ3n) is 7.70. The topological polar surface area (TPSA) is 61.9 Å². The van der Waals surface area contributed by atoms with Crippen molar-refractivity contribution in [1.82, 2.24) is 19.1 Å². The van der Waals surface area contributed by atoms with Crippen LogP contribution in [0.4, 0.5) is 8.78 Å². The summed E-state index contributed by atoms with van der Waals surface area (Å²) in [7, 11) is 0. The number of nitrogens with zero attached hydrogens (tertiary/aromatic N) is 4. The molecule has 0 atom stereocenters. The maximum Gasteiger partial charge on any atom is 0.177 e. The van der Waals surface area contributed by atoms with Gasteiger partial charge in [-0.1, -0.05) is 62.0 Å². The van der Waals surface area contributed by atoms with E-state index in [0.717, 1.165) is 46.2 Å². The highest BCUT2D eigenvalue weighted by molar-refractivity contribution is 5.81. The van der Waals surface area contributed by atoms with Crippen LogP contribution in [0, 0.1) is 25.5 Å². The standard InChI is InChI=1S/C19H14F2N2O.C19H16N2O.CH4/c1-12-5-8-18(24-12)19-22-16-7-6-15(21)10-17(16)23(19)11-13-3-2-4-14(20)9-13;1-14-11-12-18(22-14)19-20-16-9-5-6-10-17(16)21(19)13-15-7-3-2-4-8-15;/h2-10H,11H2,1H3;2-12H,13H2,1H3;1H4. The normalized spacial score (nSPS) is 11.0. The number of benzene rings is 4. The fourth-order valence-corrected chi connectivity index (χ4v) is 5.56. The number of fused-ring (bicyclic) bond motifs is 2. The Morgan fingerprint density at radius 3 is 1.72 bits per heavy atom. The van der Waals surface area contributed by atoms with Crippen molar-refractivity contribution in [2.24, 2.45) is 0 Å². The van der Waals surface area contributed by atoms with E-state index in [1.54, 1.807) is 12.1 Å². The van der Waals surface area contributed by atoms with Crippen LogP contribution in [0.15, 0.2) is 130 Å². The molecular formula is C39H34F2N4O2. The van der Waals surface area contributed by atoms with Crippen LogP contribution in [0.3, 0.4) is 0 Å². The van der Waals surface area contributed by atoms with Gasteiger partial charge >= 0.3 is 0 Å². The van der Waals surface area contributed by atoms with Crippen LogP contribution in [-0.4, -0.2) is 19.1 Å². The summed E-state index contributed by atoms with van der Waals surface area (Å²) in [6.07, 6.45) is 0. The molecule has 8 heteroatoms. The number of rotatable bonds is 6. The SMILES string of the molecule is C.Cc1ccc(-c2nc3ccc(F)cc3n2Cc2cccc(F)c2)o1.Cc1ccc(-c2nc3ccccc3n2Cc2ccccc2)o1. The summed E-state index contributed by atoms with van der Waals surface area (Å²) in [6.45, 7) is 4.94. The molecule has 0 saturated carbocycles. The molecule has 0 bridgehead atoms. The van der Waals surface area contributed by atoms with Gasteiger partial charge in [0.05, 0.1) is 22.1 Å². The molecule has 6 nitrogen and oxygen atoms in total. The van der Waals surface area contributed by atoms with Gasteiger partial charge in [-0.05, 0) is 91.7 Å². The molecule has 0 spiro atoms. The minimum atomic E-state index is -0.343. The smallest absolute Gasteiger partial charge is 0.177 e. The van der Waals surface area contributed by atoms with E-state index in [1.165, 1.54) is 29.8 Å². The van der Waals surface area contributed by atoms with Crippen molar-refractivity contribution in [3.05, 3.63) is 156 Å². The molecule has 0 aliphatic carbocycles. The lowest BCUT2D eigenvalue weighted by Gasteiger charge is -2.08. The average Bonchev–Trinajstić information content (AvgIpc) is 3.84. The summed E-state index contributed by atoms with van der Waals surface area (Å²) in [5.74, 6) is 3.88. The monoisotopic (exact) mass is 628 g/mol. The number of imidazole rings is 2. The quantitative estimate of drug-likeness (QED) is 0.184. The number of para-hydroxylation sites is 2.